The lowest BCUT2D eigenvalue weighted by molar-refractivity contribution is -0.140. The van der Waals surface area contributed by atoms with Crippen molar-refractivity contribution in [3.63, 3.8) is 0 Å². The first-order valence-corrected chi connectivity index (χ1v) is 11.9. The number of anilines is 3. The molecule has 3 heterocycles. The van der Waals surface area contributed by atoms with E-state index < -0.39 is 17.7 Å². The average molecular weight is 465 g/mol. The van der Waals surface area contributed by atoms with E-state index in [4.69, 9.17) is 0 Å². The maximum Gasteiger partial charge on any atom is 0.227 e. The molecule has 0 radical (unpaired) electrons. The van der Waals surface area contributed by atoms with Crippen molar-refractivity contribution in [1.29, 1.82) is 0 Å². The predicted molar refractivity (Wildman–Crippen MR) is 129 cm³/mol. The first-order valence-electron chi connectivity index (χ1n) is 11.9. The van der Waals surface area contributed by atoms with Crippen LogP contribution in [-0.2, 0) is 20.9 Å². The third-order valence-electron chi connectivity index (χ3n) is 6.63. The second-order valence-corrected chi connectivity index (χ2v) is 9.46. The van der Waals surface area contributed by atoms with Crippen LogP contribution in [-0.4, -0.2) is 40.8 Å². The van der Waals surface area contributed by atoms with Gasteiger partial charge in [-0.15, -0.1) is 0 Å². The Kier molecular flexibility index (Phi) is 7.40. The zero-order valence-corrected chi connectivity index (χ0v) is 19.7. The highest BCUT2D eigenvalue weighted by Gasteiger charge is 2.30. The van der Waals surface area contributed by atoms with E-state index >= 15 is 0 Å². The molecular weight excluding hydrogens is 432 g/mol. The molecule has 2 fully saturated rings. The van der Waals surface area contributed by atoms with Crippen LogP contribution in [0, 0.1) is 17.8 Å². The van der Waals surface area contributed by atoms with Crippen LogP contribution in [0.2, 0.25) is 0 Å². The van der Waals surface area contributed by atoms with Crippen molar-refractivity contribution >= 4 is 35.0 Å². The number of hydrogen-bond donors (Lipinski definition) is 3. The van der Waals surface area contributed by atoms with Gasteiger partial charge in [-0.05, 0) is 42.4 Å². The molecule has 180 valence electrons. The van der Waals surface area contributed by atoms with E-state index in [1.807, 2.05) is 24.3 Å². The third kappa shape index (κ3) is 6.09. The van der Waals surface area contributed by atoms with Gasteiger partial charge < -0.3 is 15.5 Å². The van der Waals surface area contributed by atoms with Crippen LogP contribution >= 0.6 is 0 Å². The molecule has 4 rings (SSSR count). The number of carbonyl (C=O) groups excluding carboxylic acids is 3. The molecule has 0 bridgehead atoms. The fourth-order valence-corrected chi connectivity index (χ4v) is 4.48. The molecule has 0 saturated carbocycles. The fourth-order valence-electron chi connectivity index (χ4n) is 4.48. The number of imide groups is 1. The van der Waals surface area contributed by atoms with E-state index in [2.05, 4.69) is 44.7 Å². The summed E-state index contributed by atoms with van der Waals surface area (Å²) in [5.74, 6) is 0.590. The van der Waals surface area contributed by atoms with Crippen LogP contribution in [0.15, 0.2) is 36.7 Å². The summed E-state index contributed by atoms with van der Waals surface area (Å²) in [7, 11) is 0. The van der Waals surface area contributed by atoms with E-state index in [1.54, 1.807) is 12.4 Å². The second-order valence-electron chi connectivity index (χ2n) is 9.46. The molecule has 9 heteroatoms. The number of benzene rings is 1. The molecule has 2 aliphatic rings. The highest BCUT2D eigenvalue weighted by molar-refractivity contribution is 6.02. The smallest absolute Gasteiger partial charge is 0.227 e. The van der Waals surface area contributed by atoms with E-state index in [0.29, 0.717) is 6.54 Å². The van der Waals surface area contributed by atoms with Gasteiger partial charge in [0.2, 0.25) is 23.7 Å². The lowest BCUT2D eigenvalue weighted by Crippen LogP contribution is -2.44. The van der Waals surface area contributed by atoms with Gasteiger partial charge in [-0.25, -0.2) is 9.97 Å². The van der Waals surface area contributed by atoms with Gasteiger partial charge in [0.1, 0.15) is 0 Å². The lowest BCUT2D eigenvalue weighted by Gasteiger charge is -2.33. The topological polar surface area (TPSA) is 116 Å². The molecule has 3 amide bonds. The maximum absolute atomic E-state index is 12.3. The van der Waals surface area contributed by atoms with Crippen LogP contribution in [0.1, 0.15) is 45.1 Å². The van der Waals surface area contributed by atoms with Gasteiger partial charge in [0, 0.05) is 38.2 Å². The Hall–Kier alpha value is -3.49. The zero-order valence-electron chi connectivity index (χ0n) is 19.7. The molecule has 2 aliphatic heterocycles. The molecule has 0 spiro atoms. The SMILES string of the molecule is CC(C)C1CCN(c2ncc(Nc3ccc(CNC(=O)C4CC(=O)NC(=O)C4)cc3)cn2)CC1. The van der Waals surface area contributed by atoms with Crippen LogP contribution < -0.4 is 20.9 Å². The Bertz CT molecular complexity index is 998. The minimum atomic E-state index is -0.605. The Balaban J connectivity index is 1.25. The predicted octanol–water partition coefficient (Wildman–Crippen LogP) is 2.76. The van der Waals surface area contributed by atoms with Gasteiger partial charge >= 0.3 is 0 Å². The van der Waals surface area contributed by atoms with Crippen molar-refractivity contribution < 1.29 is 14.4 Å². The summed E-state index contributed by atoms with van der Waals surface area (Å²) in [6.45, 7) is 6.91. The second kappa shape index (κ2) is 10.6. The van der Waals surface area contributed by atoms with Crippen LogP contribution in [0.5, 0.6) is 0 Å². The Labute approximate surface area is 199 Å². The summed E-state index contributed by atoms with van der Waals surface area (Å²) in [6.07, 6.45) is 6.04. The van der Waals surface area contributed by atoms with Crippen molar-refractivity contribution in [1.82, 2.24) is 20.6 Å². The van der Waals surface area contributed by atoms with Crippen LogP contribution in [0.3, 0.4) is 0 Å². The normalized spacial score (nSPS) is 17.6. The monoisotopic (exact) mass is 464 g/mol. The third-order valence-corrected chi connectivity index (χ3v) is 6.63. The molecule has 2 saturated heterocycles. The van der Waals surface area contributed by atoms with E-state index in [1.165, 1.54) is 12.8 Å². The summed E-state index contributed by atoms with van der Waals surface area (Å²) in [6, 6.07) is 7.66. The molecule has 0 aliphatic carbocycles. The standard InChI is InChI=1S/C25H32N6O3/c1-16(2)18-7-9-31(10-8-18)25-27-14-21(15-28-25)29-20-5-3-17(4-6-20)13-26-24(34)19-11-22(32)30-23(33)12-19/h3-6,14-16,18-19,29H,7-13H2,1-2H3,(H,26,34)(H,30,32,33). The molecule has 2 aromatic rings. The van der Waals surface area contributed by atoms with E-state index in [9.17, 15) is 14.4 Å². The van der Waals surface area contributed by atoms with E-state index in [-0.39, 0.29) is 18.7 Å². The quantitative estimate of drug-likeness (QED) is 0.540. The van der Waals surface area contributed by atoms with Crippen LogP contribution in [0.25, 0.3) is 0 Å². The van der Waals surface area contributed by atoms with Gasteiger partial charge in [0.15, 0.2) is 0 Å². The van der Waals surface area contributed by atoms with Crippen molar-refractivity contribution in [2.24, 2.45) is 17.8 Å². The Morgan fingerprint density at radius 2 is 1.65 bits per heavy atom. The van der Waals surface area contributed by atoms with Gasteiger partial charge in [0.05, 0.1) is 24.0 Å². The molecule has 3 N–H and O–H groups in total. The number of aromatic nitrogens is 2. The highest BCUT2D eigenvalue weighted by atomic mass is 16.2. The molecule has 1 aromatic heterocycles. The highest BCUT2D eigenvalue weighted by Crippen LogP contribution is 2.26. The number of amides is 3. The summed E-state index contributed by atoms with van der Waals surface area (Å²) in [5, 5.41) is 8.32. The summed E-state index contributed by atoms with van der Waals surface area (Å²) in [5.41, 5.74) is 2.61. The zero-order chi connectivity index (χ0) is 24.1. The Morgan fingerprint density at radius 1 is 1.03 bits per heavy atom. The minimum absolute atomic E-state index is 0.0392. The van der Waals surface area contributed by atoms with Crippen molar-refractivity contribution in [3.05, 3.63) is 42.2 Å². The van der Waals surface area contributed by atoms with Gasteiger partial charge in [-0.2, -0.15) is 0 Å². The van der Waals surface area contributed by atoms with Gasteiger partial charge in [-0.1, -0.05) is 26.0 Å². The molecular formula is C25H32N6O3. The van der Waals surface area contributed by atoms with E-state index in [0.717, 1.165) is 47.8 Å². The first-order chi connectivity index (χ1) is 16.4. The summed E-state index contributed by atoms with van der Waals surface area (Å²) >= 11 is 0. The largest absolute Gasteiger partial charge is 0.353 e. The number of carbonyl (C=O) groups is 3. The number of nitrogens with zero attached hydrogens (tertiary/aromatic N) is 3. The van der Waals surface area contributed by atoms with Gasteiger partial charge in [0.25, 0.3) is 0 Å². The minimum Gasteiger partial charge on any atom is -0.353 e. The number of nitrogens with one attached hydrogen (secondary N) is 3. The fraction of sp³-hybridized carbons (Fsp3) is 0.480. The molecule has 0 atom stereocenters. The van der Waals surface area contributed by atoms with Gasteiger partial charge in [-0.3, -0.25) is 19.7 Å². The first kappa shape index (κ1) is 23.7. The number of hydrogen-bond acceptors (Lipinski definition) is 7. The van der Waals surface area contributed by atoms with Crippen LogP contribution in [0.4, 0.5) is 17.3 Å². The maximum atomic E-state index is 12.3. The number of rotatable bonds is 7. The molecule has 1 aromatic carbocycles. The summed E-state index contributed by atoms with van der Waals surface area (Å²) in [4.78, 5) is 46.5. The number of piperidine rings is 2. The molecule has 0 unspecified atom stereocenters. The average Bonchev–Trinajstić information content (AvgIpc) is 2.83. The molecule has 9 nitrogen and oxygen atoms in total. The Morgan fingerprint density at radius 3 is 2.24 bits per heavy atom. The summed E-state index contributed by atoms with van der Waals surface area (Å²) < 4.78 is 0. The van der Waals surface area contributed by atoms with Crippen molar-refractivity contribution in [3.8, 4) is 0 Å². The van der Waals surface area contributed by atoms with Crippen molar-refractivity contribution in [2.75, 3.05) is 23.3 Å². The lowest BCUT2D eigenvalue weighted by atomic mass is 9.87. The molecule has 34 heavy (non-hydrogen) atoms. The van der Waals surface area contributed by atoms with Crippen molar-refractivity contribution in [2.45, 2.75) is 46.1 Å².